The van der Waals surface area contributed by atoms with Crippen LogP contribution in [0.3, 0.4) is 0 Å². The van der Waals surface area contributed by atoms with E-state index in [0.717, 1.165) is 18.4 Å². The third-order valence-electron chi connectivity index (χ3n) is 4.28. The van der Waals surface area contributed by atoms with Crippen LogP contribution in [0.5, 0.6) is 0 Å². The van der Waals surface area contributed by atoms with Crippen LogP contribution in [-0.4, -0.2) is 26.2 Å². The van der Waals surface area contributed by atoms with Crippen molar-refractivity contribution in [1.82, 2.24) is 4.72 Å². The largest absolute Gasteiger partial charge is 0.326 e. The highest BCUT2D eigenvalue weighted by atomic mass is 32.2. The molecular formula is C20H22N2O4S. The Kier molecular flexibility index (Phi) is 5.72. The first kappa shape index (κ1) is 19.3. The standard InChI is InChI=1S/C20H22N2O4S/c1-14-5-7-15(8-6-14)19(23)11-12-20(24)21-17-3-2-4-18(13-17)27(25,26)22-16-9-10-16/h2-8,13,16,22H,9-12H2,1H3,(H,21,24). The van der Waals surface area contributed by atoms with Crippen LogP contribution in [-0.2, 0) is 14.8 Å². The Morgan fingerprint density at radius 1 is 1.04 bits per heavy atom. The lowest BCUT2D eigenvalue weighted by molar-refractivity contribution is -0.116. The van der Waals surface area contributed by atoms with Crippen molar-refractivity contribution in [3.63, 3.8) is 0 Å². The second kappa shape index (κ2) is 8.02. The number of sulfonamides is 1. The van der Waals surface area contributed by atoms with Gasteiger partial charge in [-0.1, -0.05) is 35.9 Å². The van der Waals surface area contributed by atoms with Crippen molar-refractivity contribution in [3.8, 4) is 0 Å². The first-order valence-electron chi connectivity index (χ1n) is 8.85. The van der Waals surface area contributed by atoms with E-state index in [1.54, 1.807) is 24.3 Å². The number of nitrogens with one attached hydrogen (secondary N) is 2. The number of anilines is 1. The van der Waals surface area contributed by atoms with E-state index in [2.05, 4.69) is 10.0 Å². The van der Waals surface area contributed by atoms with E-state index in [0.29, 0.717) is 11.3 Å². The van der Waals surface area contributed by atoms with Gasteiger partial charge in [-0.25, -0.2) is 13.1 Å². The number of benzene rings is 2. The zero-order valence-corrected chi connectivity index (χ0v) is 15.9. The van der Waals surface area contributed by atoms with Gasteiger partial charge < -0.3 is 5.32 Å². The minimum Gasteiger partial charge on any atom is -0.326 e. The zero-order valence-electron chi connectivity index (χ0n) is 15.1. The first-order chi connectivity index (χ1) is 12.8. The summed E-state index contributed by atoms with van der Waals surface area (Å²) >= 11 is 0. The van der Waals surface area contributed by atoms with Crippen LogP contribution in [0, 0.1) is 6.92 Å². The normalized spacial score (nSPS) is 14.0. The molecule has 27 heavy (non-hydrogen) atoms. The van der Waals surface area contributed by atoms with Crippen molar-refractivity contribution < 1.29 is 18.0 Å². The summed E-state index contributed by atoms with van der Waals surface area (Å²) in [6, 6.07) is 13.3. The van der Waals surface area contributed by atoms with Crippen LogP contribution in [0.4, 0.5) is 5.69 Å². The Labute approximate surface area is 159 Å². The van der Waals surface area contributed by atoms with E-state index in [1.807, 2.05) is 19.1 Å². The van der Waals surface area contributed by atoms with Crippen LogP contribution in [0.1, 0.15) is 41.6 Å². The molecule has 0 radical (unpaired) electrons. The summed E-state index contributed by atoms with van der Waals surface area (Å²) in [5.41, 5.74) is 2.03. The Morgan fingerprint density at radius 2 is 1.74 bits per heavy atom. The van der Waals surface area contributed by atoms with Gasteiger partial charge in [0.05, 0.1) is 4.90 Å². The number of carbonyl (C=O) groups is 2. The fourth-order valence-corrected chi connectivity index (χ4v) is 3.91. The van der Waals surface area contributed by atoms with Crippen LogP contribution in [0.15, 0.2) is 53.4 Å². The van der Waals surface area contributed by atoms with E-state index in [-0.39, 0.29) is 35.5 Å². The van der Waals surface area contributed by atoms with Crippen LogP contribution in [0.2, 0.25) is 0 Å². The van der Waals surface area contributed by atoms with Crippen molar-refractivity contribution >= 4 is 27.4 Å². The summed E-state index contributed by atoms with van der Waals surface area (Å²) in [6.07, 6.45) is 1.83. The van der Waals surface area contributed by atoms with Gasteiger partial charge in [0.15, 0.2) is 5.78 Å². The quantitative estimate of drug-likeness (QED) is 0.682. The van der Waals surface area contributed by atoms with Crippen molar-refractivity contribution in [2.24, 2.45) is 0 Å². The van der Waals surface area contributed by atoms with Crippen molar-refractivity contribution in [1.29, 1.82) is 0 Å². The Bertz CT molecular complexity index is 948. The maximum atomic E-state index is 12.2. The molecule has 0 bridgehead atoms. The number of hydrogen-bond donors (Lipinski definition) is 2. The number of amides is 1. The molecule has 3 rings (SSSR count). The van der Waals surface area contributed by atoms with Gasteiger partial charge in [0, 0.05) is 30.1 Å². The highest BCUT2D eigenvalue weighted by Gasteiger charge is 2.28. The summed E-state index contributed by atoms with van der Waals surface area (Å²) in [7, 11) is -3.58. The lowest BCUT2D eigenvalue weighted by Crippen LogP contribution is -2.25. The molecule has 6 nitrogen and oxygen atoms in total. The highest BCUT2D eigenvalue weighted by Crippen LogP contribution is 2.23. The fourth-order valence-electron chi connectivity index (χ4n) is 2.56. The molecule has 1 fully saturated rings. The van der Waals surface area contributed by atoms with Crippen LogP contribution >= 0.6 is 0 Å². The molecule has 2 N–H and O–H groups in total. The van der Waals surface area contributed by atoms with Crippen molar-refractivity contribution in [3.05, 3.63) is 59.7 Å². The molecule has 0 unspecified atom stereocenters. The number of aryl methyl sites for hydroxylation is 1. The molecule has 7 heteroatoms. The van der Waals surface area contributed by atoms with Gasteiger partial charge in [0.2, 0.25) is 15.9 Å². The summed E-state index contributed by atoms with van der Waals surface area (Å²) in [6.45, 7) is 1.94. The predicted molar refractivity (Wildman–Crippen MR) is 103 cm³/mol. The maximum Gasteiger partial charge on any atom is 0.240 e. The molecule has 2 aromatic rings. The second-order valence-corrected chi connectivity index (χ2v) is 8.47. The van der Waals surface area contributed by atoms with Gasteiger partial charge in [0.25, 0.3) is 0 Å². The molecule has 0 aliphatic heterocycles. The third kappa shape index (κ3) is 5.48. The van der Waals surface area contributed by atoms with Crippen molar-refractivity contribution in [2.75, 3.05) is 5.32 Å². The highest BCUT2D eigenvalue weighted by molar-refractivity contribution is 7.89. The average Bonchev–Trinajstić information content (AvgIpc) is 3.44. The third-order valence-corrected chi connectivity index (χ3v) is 5.80. The summed E-state index contributed by atoms with van der Waals surface area (Å²) in [4.78, 5) is 24.4. The number of ketones is 1. The predicted octanol–water partition coefficient (Wildman–Crippen LogP) is 3.04. The molecule has 0 saturated heterocycles. The summed E-state index contributed by atoms with van der Waals surface area (Å²) in [5, 5.41) is 2.66. The topological polar surface area (TPSA) is 92.3 Å². The van der Waals surface area contributed by atoms with Gasteiger partial charge >= 0.3 is 0 Å². The van der Waals surface area contributed by atoms with E-state index in [4.69, 9.17) is 0 Å². The van der Waals surface area contributed by atoms with Gasteiger partial charge in [-0.3, -0.25) is 9.59 Å². The van der Waals surface area contributed by atoms with E-state index in [1.165, 1.54) is 12.1 Å². The first-order valence-corrected chi connectivity index (χ1v) is 10.3. The Balaban J connectivity index is 1.57. The molecule has 2 aromatic carbocycles. The maximum absolute atomic E-state index is 12.2. The molecule has 142 valence electrons. The molecule has 0 atom stereocenters. The number of Topliss-reactive ketones (excluding diaryl/α,β-unsaturated/α-hetero) is 1. The van der Waals surface area contributed by atoms with E-state index < -0.39 is 10.0 Å². The number of hydrogen-bond acceptors (Lipinski definition) is 4. The molecule has 1 aliphatic carbocycles. The summed E-state index contributed by atoms with van der Waals surface area (Å²) < 4.78 is 27.1. The number of carbonyl (C=O) groups excluding carboxylic acids is 2. The van der Waals surface area contributed by atoms with Gasteiger partial charge in [-0.2, -0.15) is 0 Å². The molecule has 1 aliphatic rings. The molecule has 1 saturated carbocycles. The minimum absolute atomic E-state index is 0.0148. The van der Waals surface area contributed by atoms with Crippen LogP contribution < -0.4 is 10.0 Å². The van der Waals surface area contributed by atoms with Crippen LogP contribution in [0.25, 0.3) is 0 Å². The lowest BCUT2D eigenvalue weighted by Gasteiger charge is -2.09. The Hall–Kier alpha value is -2.51. The monoisotopic (exact) mass is 386 g/mol. The molecule has 0 aromatic heterocycles. The van der Waals surface area contributed by atoms with Gasteiger partial charge in [-0.05, 0) is 38.0 Å². The fraction of sp³-hybridized carbons (Fsp3) is 0.300. The van der Waals surface area contributed by atoms with Crippen molar-refractivity contribution in [2.45, 2.75) is 43.5 Å². The van der Waals surface area contributed by atoms with E-state index >= 15 is 0 Å². The smallest absolute Gasteiger partial charge is 0.240 e. The SMILES string of the molecule is Cc1ccc(C(=O)CCC(=O)Nc2cccc(S(=O)(=O)NC3CC3)c2)cc1. The van der Waals surface area contributed by atoms with Gasteiger partial charge in [-0.15, -0.1) is 0 Å². The Morgan fingerprint density at radius 3 is 2.41 bits per heavy atom. The zero-order chi connectivity index (χ0) is 19.4. The molecule has 1 amide bonds. The average molecular weight is 386 g/mol. The van der Waals surface area contributed by atoms with Gasteiger partial charge in [0.1, 0.15) is 0 Å². The summed E-state index contributed by atoms with van der Waals surface area (Å²) in [5.74, 6) is -0.435. The number of rotatable bonds is 8. The molecule has 0 heterocycles. The lowest BCUT2D eigenvalue weighted by atomic mass is 10.0. The minimum atomic E-state index is -3.58. The van der Waals surface area contributed by atoms with E-state index in [9.17, 15) is 18.0 Å². The second-order valence-electron chi connectivity index (χ2n) is 6.76. The molecule has 0 spiro atoms. The molecular weight excluding hydrogens is 364 g/mol.